The fourth-order valence-electron chi connectivity index (χ4n) is 2.94. The molecular formula is C21H23ClN2O3. The third-order valence-corrected chi connectivity index (χ3v) is 4.66. The highest BCUT2D eigenvalue weighted by molar-refractivity contribution is 6.30. The van der Waals surface area contributed by atoms with Crippen LogP contribution in [0.3, 0.4) is 0 Å². The van der Waals surface area contributed by atoms with Crippen LogP contribution >= 0.6 is 11.6 Å². The van der Waals surface area contributed by atoms with E-state index in [4.69, 9.17) is 16.3 Å². The van der Waals surface area contributed by atoms with Gasteiger partial charge in [0, 0.05) is 18.1 Å². The van der Waals surface area contributed by atoms with Crippen LogP contribution in [0.2, 0.25) is 5.02 Å². The summed E-state index contributed by atoms with van der Waals surface area (Å²) in [6, 6.07) is 14.4. The molecule has 27 heavy (non-hydrogen) atoms. The quantitative estimate of drug-likeness (QED) is 0.716. The largest absolute Gasteiger partial charge is 0.508 e. The van der Waals surface area contributed by atoms with Gasteiger partial charge in [0.25, 0.3) is 0 Å². The molecule has 0 saturated heterocycles. The highest BCUT2D eigenvalue weighted by Crippen LogP contribution is 2.23. The standard InChI is InChI=1S/C21H23ClN2O3/c22-18-3-7-20(8-4-18)27-14-11-23-21(26)15-24-12-9-17(10-13-24)16-1-5-19(25)6-2-16/h1-9,25H,10-15H2,(H,23,26). The molecule has 0 atom stereocenters. The number of nitrogens with zero attached hydrogens (tertiary/aromatic N) is 1. The lowest BCUT2D eigenvalue weighted by molar-refractivity contribution is -0.122. The highest BCUT2D eigenvalue weighted by Gasteiger charge is 2.15. The van der Waals surface area contributed by atoms with E-state index in [1.54, 1.807) is 36.4 Å². The number of halogens is 1. The summed E-state index contributed by atoms with van der Waals surface area (Å²) >= 11 is 5.83. The third kappa shape index (κ3) is 6.01. The number of carbonyl (C=O) groups is 1. The van der Waals surface area contributed by atoms with Gasteiger partial charge in [0.1, 0.15) is 18.1 Å². The van der Waals surface area contributed by atoms with Gasteiger partial charge in [0.05, 0.1) is 13.1 Å². The Morgan fingerprint density at radius 3 is 2.56 bits per heavy atom. The number of hydrogen-bond acceptors (Lipinski definition) is 4. The van der Waals surface area contributed by atoms with Crippen molar-refractivity contribution in [3.63, 3.8) is 0 Å². The molecule has 2 aromatic rings. The van der Waals surface area contributed by atoms with Crippen LogP contribution in [0, 0.1) is 0 Å². The van der Waals surface area contributed by atoms with Crippen molar-refractivity contribution < 1.29 is 14.6 Å². The van der Waals surface area contributed by atoms with E-state index in [2.05, 4.69) is 16.3 Å². The summed E-state index contributed by atoms with van der Waals surface area (Å²) in [5, 5.41) is 12.9. The molecule has 142 valence electrons. The average molecular weight is 387 g/mol. The van der Waals surface area contributed by atoms with Crippen molar-refractivity contribution in [1.82, 2.24) is 10.2 Å². The fraction of sp³-hybridized carbons (Fsp3) is 0.286. The molecule has 0 spiro atoms. The van der Waals surface area contributed by atoms with Crippen LogP contribution in [0.1, 0.15) is 12.0 Å². The van der Waals surface area contributed by atoms with Crippen LogP contribution in [0.25, 0.3) is 5.57 Å². The summed E-state index contributed by atoms with van der Waals surface area (Å²) in [7, 11) is 0. The van der Waals surface area contributed by atoms with Gasteiger partial charge in [0.2, 0.25) is 5.91 Å². The molecule has 1 aliphatic heterocycles. The minimum Gasteiger partial charge on any atom is -0.508 e. The number of carbonyl (C=O) groups excluding carboxylic acids is 1. The smallest absolute Gasteiger partial charge is 0.234 e. The maximum Gasteiger partial charge on any atom is 0.234 e. The maximum atomic E-state index is 12.1. The van der Waals surface area contributed by atoms with Gasteiger partial charge in [0.15, 0.2) is 0 Å². The van der Waals surface area contributed by atoms with Crippen LogP contribution in [-0.4, -0.2) is 48.7 Å². The summed E-state index contributed by atoms with van der Waals surface area (Å²) in [6.45, 7) is 2.83. The second-order valence-corrected chi connectivity index (χ2v) is 6.85. The van der Waals surface area contributed by atoms with E-state index in [9.17, 15) is 9.90 Å². The van der Waals surface area contributed by atoms with E-state index in [-0.39, 0.29) is 11.7 Å². The van der Waals surface area contributed by atoms with Crippen molar-refractivity contribution in [3.8, 4) is 11.5 Å². The molecule has 0 radical (unpaired) electrons. The molecule has 0 bridgehead atoms. The zero-order valence-electron chi connectivity index (χ0n) is 15.0. The molecule has 1 amide bonds. The number of amides is 1. The Hall–Kier alpha value is -2.50. The Labute approximate surface area is 164 Å². The number of phenolic OH excluding ortho intramolecular Hbond substituents is 1. The molecule has 2 N–H and O–H groups in total. The zero-order valence-corrected chi connectivity index (χ0v) is 15.8. The van der Waals surface area contributed by atoms with Gasteiger partial charge in [-0.3, -0.25) is 9.69 Å². The van der Waals surface area contributed by atoms with E-state index >= 15 is 0 Å². The number of phenols is 1. The van der Waals surface area contributed by atoms with Crippen LogP contribution in [-0.2, 0) is 4.79 Å². The highest BCUT2D eigenvalue weighted by atomic mass is 35.5. The first kappa shape index (κ1) is 19.3. The molecule has 0 fully saturated rings. The molecular weight excluding hydrogens is 364 g/mol. The van der Waals surface area contributed by atoms with Gasteiger partial charge < -0.3 is 15.2 Å². The SMILES string of the molecule is O=C(CN1CC=C(c2ccc(O)cc2)CC1)NCCOc1ccc(Cl)cc1. The fourth-order valence-corrected chi connectivity index (χ4v) is 3.07. The Kier molecular flexibility index (Phi) is 6.74. The summed E-state index contributed by atoms with van der Waals surface area (Å²) < 4.78 is 5.56. The lowest BCUT2D eigenvalue weighted by atomic mass is 9.99. The number of ether oxygens (including phenoxy) is 1. The van der Waals surface area contributed by atoms with Crippen molar-refractivity contribution in [3.05, 3.63) is 65.2 Å². The molecule has 0 unspecified atom stereocenters. The van der Waals surface area contributed by atoms with Crippen LogP contribution in [0.5, 0.6) is 11.5 Å². The van der Waals surface area contributed by atoms with Crippen LogP contribution < -0.4 is 10.1 Å². The Morgan fingerprint density at radius 1 is 1.15 bits per heavy atom. The number of benzene rings is 2. The lowest BCUT2D eigenvalue weighted by Gasteiger charge is -2.25. The molecule has 1 heterocycles. The predicted molar refractivity (Wildman–Crippen MR) is 107 cm³/mol. The molecule has 0 aromatic heterocycles. The van der Waals surface area contributed by atoms with Crippen LogP contribution in [0.15, 0.2) is 54.6 Å². The summed E-state index contributed by atoms with van der Waals surface area (Å²) in [4.78, 5) is 14.2. The monoisotopic (exact) mass is 386 g/mol. The van der Waals surface area contributed by atoms with Gasteiger partial charge in [-0.15, -0.1) is 0 Å². The first-order valence-electron chi connectivity index (χ1n) is 8.96. The van der Waals surface area contributed by atoms with E-state index < -0.39 is 0 Å². The van der Waals surface area contributed by atoms with Gasteiger partial charge in [-0.25, -0.2) is 0 Å². The lowest BCUT2D eigenvalue weighted by Crippen LogP contribution is -2.40. The van der Waals surface area contributed by atoms with Crippen molar-refractivity contribution in [2.45, 2.75) is 6.42 Å². The first-order valence-corrected chi connectivity index (χ1v) is 9.34. The van der Waals surface area contributed by atoms with Gasteiger partial charge in [-0.2, -0.15) is 0 Å². The van der Waals surface area contributed by atoms with E-state index in [1.807, 2.05) is 12.1 Å². The minimum atomic E-state index is -0.00353. The molecule has 5 nitrogen and oxygen atoms in total. The second-order valence-electron chi connectivity index (χ2n) is 6.41. The van der Waals surface area contributed by atoms with Gasteiger partial charge >= 0.3 is 0 Å². The molecule has 1 aliphatic rings. The number of nitrogens with one attached hydrogen (secondary N) is 1. The zero-order chi connectivity index (χ0) is 19.1. The topological polar surface area (TPSA) is 61.8 Å². The molecule has 0 aliphatic carbocycles. The van der Waals surface area contributed by atoms with Gasteiger partial charge in [-0.05, 0) is 54.0 Å². The molecule has 3 rings (SSSR count). The molecule has 6 heteroatoms. The van der Waals surface area contributed by atoms with Crippen molar-refractivity contribution in [2.75, 3.05) is 32.8 Å². The molecule has 2 aromatic carbocycles. The average Bonchev–Trinajstić information content (AvgIpc) is 2.68. The van der Waals surface area contributed by atoms with E-state index in [0.717, 1.165) is 30.8 Å². The second kappa shape index (κ2) is 9.44. The summed E-state index contributed by atoms with van der Waals surface area (Å²) in [6.07, 6.45) is 3.03. The Morgan fingerprint density at radius 2 is 1.89 bits per heavy atom. The van der Waals surface area contributed by atoms with Crippen molar-refractivity contribution >= 4 is 23.1 Å². The maximum absolute atomic E-state index is 12.1. The first-order chi connectivity index (χ1) is 13.1. The van der Waals surface area contributed by atoms with Crippen LogP contribution in [0.4, 0.5) is 0 Å². The molecule has 0 saturated carbocycles. The minimum absolute atomic E-state index is 0.00353. The number of rotatable bonds is 7. The van der Waals surface area contributed by atoms with Crippen molar-refractivity contribution in [1.29, 1.82) is 0 Å². The number of aromatic hydroxyl groups is 1. The van der Waals surface area contributed by atoms with E-state index in [1.165, 1.54) is 5.57 Å². The Bertz CT molecular complexity index is 788. The van der Waals surface area contributed by atoms with Gasteiger partial charge in [-0.1, -0.05) is 29.8 Å². The van der Waals surface area contributed by atoms with E-state index in [0.29, 0.717) is 24.7 Å². The predicted octanol–water partition coefficient (Wildman–Crippen LogP) is 3.33. The summed E-state index contributed by atoms with van der Waals surface area (Å²) in [5.41, 5.74) is 2.37. The van der Waals surface area contributed by atoms with Crippen molar-refractivity contribution in [2.24, 2.45) is 0 Å². The normalized spacial score (nSPS) is 14.5. The summed E-state index contributed by atoms with van der Waals surface area (Å²) in [5.74, 6) is 1.00. The third-order valence-electron chi connectivity index (χ3n) is 4.41. The Balaban J connectivity index is 1.36. The number of hydrogen-bond donors (Lipinski definition) is 2.